The molecule has 0 atom stereocenters. The number of nitrogens with two attached hydrogens (primary N) is 1. The van der Waals surface area contributed by atoms with Gasteiger partial charge in [0.25, 0.3) is 5.91 Å². The largest absolute Gasteiger partial charge is 0.484 e. The highest BCUT2D eigenvalue weighted by molar-refractivity contribution is 5.97. The molecule has 0 saturated carbocycles. The summed E-state index contributed by atoms with van der Waals surface area (Å²) in [6.45, 7) is 4.12. The highest BCUT2D eigenvalue weighted by atomic mass is 16.5. The van der Waals surface area contributed by atoms with Crippen molar-refractivity contribution in [3.05, 3.63) is 29.8 Å². The van der Waals surface area contributed by atoms with Crippen molar-refractivity contribution < 1.29 is 14.7 Å². The number of hydrogen-bond acceptors (Lipinski definition) is 4. The lowest BCUT2D eigenvalue weighted by Crippen LogP contribution is -2.39. The van der Waals surface area contributed by atoms with Crippen molar-refractivity contribution in [2.75, 3.05) is 13.7 Å². The first-order valence-electron chi connectivity index (χ1n) is 6.99. The van der Waals surface area contributed by atoms with Crippen LogP contribution in [0.2, 0.25) is 0 Å². The fourth-order valence-electron chi connectivity index (χ4n) is 2.07. The fourth-order valence-corrected chi connectivity index (χ4v) is 2.07. The van der Waals surface area contributed by atoms with Gasteiger partial charge in [-0.05, 0) is 37.1 Å². The summed E-state index contributed by atoms with van der Waals surface area (Å²) in [5.74, 6) is 0.547. The van der Waals surface area contributed by atoms with E-state index in [2.05, 4.69) is 19.0 Å². The van der Waals surface area contributed by atoms with Crippen LogP contribution in [0.15, 0.2) is 29.4 Å². The topological polar surface area (TPSA) is 88.2 Å². The number of rotatable bonds is 7. The molecule has 0 unspecified atom stereocenters. The van der Waals surface area contributed by atoms with Gasteiger partial charge in [-0.1, -0.05) is 19.0 Å². The van der Waals surface area contributed by atoms with E-state index in [0.717, 1.165) is 12.8 Å². The second-order valence-corrected chi connectivity index (χ2v) is 4.77. The lowest BCUT2D eigenvalue weighted by molar-refractivity contribution is -0.134. The van der Waals surface area contributed by atoms with E-state index in [1.54, 1.807) is 36.2 Å². The van der Waals surface area contributed by atoms with Crippen LogP contribution in [-0.2, 0) is 4.79 Å². The van der Waals surface area contributed by atoms with Crippen molar-refractivity contribution in [1.82, 2.24) is 4.90 Å². The van der Waals surface area contributed by atoms with E-state index in [-0.39, 0.29) is 24.4 Å². The first-order chi connectivity index (χ1) is 10.0. The minimum Gasteiger partial charge on any atom is -0.484 e. The molecule has 0 aliphatic rings. The maximum Gasteiger partial charge on any atom is 0.260 e. The number of nitrogens with zero attached hydrogens (tertiary/aromatic N) is 2. The average Bonchev–Trinajstić information content (AvgIpc) is 2.53. The third-order valence-electron chi connectivity index (χ3n) is 3.50. The lowest BCUT2D eigenvalue weighted by atomic mass is 10.1. The lowest BCUT2D eigenvalue weighted by Gasteiger charge is -2.26. The predicted molar refractivity (Wildman–Crippen MR) is 81.6 cm³/mol. The molecule has 0 aromatic heterocycles. The van der Waals surface area contributed by atoms with Gasteiger partial charge in [-0.15, -0.1) is 0 Å². The van der Waals surface area contributed by atoms with Crippen molar-refractivity contribution in [2.45, 2.75) is 32.7 Å². The first-order valence-corrected chi connectivity index (χ1v) is 6.99. The summed E-state index contributed by atoms with van der Waals surface area (Å²) in [6.07, 6.45) is 1.85. The van der Waals surface area contributed by atoms with E-state index in [0.29, 0.717) is 11.3 Å². The molecule has 116 valence electrons. The van der Waals surface area contributed by atoms with Gasteiger partial charge in [-0.3, -0.25) is 4.79 Å². The molecule has 21 heavy (non-hydrogen) atoms. The molecule has 1 amide bonds. The molecule has 6 nitrogen and oxygen atoms in total. The van der Waals surface area contributed by atoms with Gasteiger partial charge in [0.1, 0.15) is 5.75 Å². The Hall–Kier alpha value is -2.24. The zero-order chi connectivity index (χ0) is 15.8. The number of ether oxygens (including phenoxy) is 1. The summed E-state index contributed by atoms with van der Waals surface area (Å²) >= 11 is 0. The van der Waals surface area contributed by atoms with Gasteiger partial charge in [-0.2, -0.15) is 0 Å². The molecule has 0 fully saturated rings. The molecule has 0 radical (unpaired) electrons. The molecule has 1 aromatic carbocycles. The molecule has 6 heteroatoms. The van der Waals surface area contributed by atoms with E-state index >= 15 is 0 Å². The summed E-state index contributed by atoms with van der Waals surface area (Å²) in [7, 11) is 1.80. The first kappa shape index (κ1) is 16.8. The van der Waals surface area contributed by atoms with Crippen LogP contribution in [0.3, 0.4) is 0 Å². The molecule has 0 aliphatic carbocycles. The van der Waals surface area contributed by atoms with Gasteiger partial charge < -0.3 is 20.6 Å². The molecule has 1 aromatic rings. The minimum atomic E-state index is -0.0517. The number of benzene rings is 1. The van der Waals surface area contributed by atoms with E-state index < -0.39 is 0 Å². The number of carbonyl (C=O) groups is 1. The summed E-state index contributed by atoms with van der Waals surface area (Å²) < 4.78 is 5.46. The second-order valence-electron chi connectivity index (χ2n) is 4.77. The van der Waals surface area contributed by atoms with Gasteiger partial charge in [0, 0.05) is 18.7 Å². The number of likely N-dealkylation sites (N-methyl/N-ethyl adjacent to an activating group) is 1. The maximum absolute atomic E-state index is 12.0. The van der Waals surface area contributed by atoms with Crippen LogP contribution in [-0.4, -0.2) is 41.5 Å². The van der Waals surface area contributed by atoms with E-state index in [1.807, 2.05) is 0 Å². The second kappa shape index (κ2) is 8.14. The average molecular weight is 293 g/mol. The Kier molecular flexibility index (Phi) is 6.52. The van der Waals surface area contributed by atoms with Crippen LogP contribution in [0, 0.1) is 0 Å². The number of amidine groups is 1. The monoisotopic (exact) mass is 293 g/mol. The Morgan fingerprint density at radius 2 is 1.90 bits per heavy atom. The van der Waals surface area contributed by atoms with Crippen LogP contribution in [0.25, 0.3) is 0 Å². The minimum absolute atomic E-state index is 0.00405. The molecular formula is C15H23N3O3. The Morgan fingerprint density at radius 1 is 1.33 bits per heavy atom. The molecular weight excluding hydrogens is 270 g/mol. The van der Waals surface area contributed by atoms with E-state index in [4.69, 9.17) is 15.7 Å². The van der Waals surface area contributed by atoms with Gasteiger partial charge in [0.2, 0.25) is 0 Å². The quantitative estimate of drug-likeness (QED) is 0.347. The molecule has 0 bridgehead atoms. The van der Waals surface area contributed by atoms with Crippen LogP contribution in [0.1, 0.15) is 32.3 Å². The number of oxime groups is 1. The zero-order valence-electron chi connectivity index (χ0n) is 12.7. The van der Waals surface area contributed by atoms with Crippen molar-refractivity contribution in [1.29, 1.82) is 0 Å². The molecule has 0 aliphatic heterocycles. The predicted octanol–water partition coefficient (Wildman–Crippen LogP) is 1.81. The summed E-state index contributed by atoms with van der Waals surface area (Å²) in [5, 5.41) is 11.5. The zero-order valence-corrected chi connectivity index (χ0v) is 12.7. The van der Waals surface area contributed by atoms with Crippen molar-refractivity contribution >= 4 is 11.7 Å². The standard InChI is InChI=1S/C15H23N3O3/c1-4-12(5-2)18(3)14(19)10-21-13-8-6-11(7-9-13)15(16)17-20/h6-9,12,20H,4-5,10H2,1-3H3,(H2,16,17). The van der Waals surface area contributed by atoms with Crippen molar-refractivity contribution in [2.24, 2.45) is 10.9 Å². The van der Waals surface area contributed by atoms with Crippen LogP contribution in [0.4, 0.5) is 0 Å². The number of hydrogen-bond donors (Lipinski definition) is 2. The summed E-state index contributed by atoms with van der Waals surface area (Å²) in [6, 6.07) is 6.93. The SMILES string of the molecule is CCC(CC)N(C)C(=O)COc1ccc(/C(N)=N/O)cc1. The third kappa shape index (κ3) is 4.66. The molecule has 0 saturated heterocycles. The van der Waals surface area contributed by atoms with Gasteiger partial charge >= 0.3 is 0 Å². The number of amides is 1. The number of carbonyl (C=O) groups excluding carboxylic acids is 1. The highest BCUT2D eigenvalue weighted by Gasteiger charge is 2.16. The van der Waals surface area contributed by atoms with Crippen LogP contribution < -0.4 is 10.5 Å². The van der Waals surface area contributed by atoms with Crippen molar-refractivity contribution in [3.8, 4) is 5.75 Å². The fraction of sp³-hybridized carbons (Fsp3) is 0.467. The molecule has 0 spiro atoms. The molecule has 0 heterocycles. The summed E-state index contributed by atoms with van der Waals surface area (Å²) in [5.41, 5.74) is 6.06. The third-order valence-corrected chi connectivity index (χ3v) is 3.50. The van der Waals surface area contributed by atoms with Gasteiger partial charge in [-0.25, -0.2) is 0 Å². The normalized spacial score (nSPS) is 11.5. The Balaban J connectivity index is 2.57. The van der Waals surface area contributed by atoms with Gasteiger partial charge in [0.05, 0.1) is 0 Å². The molecule has 3 N–H and O–H groups in total. The Morgan fingerprint density at radius 3 is 2.38 bits per heavy atom. The van der Waals surface area contributed by atoms with Crippen molar-refractivity contribution in [3.63, 3.8) is 0 Å². The van der Waals surface area contributed by atoms with E-state index in [1.165, 1.54) is 0 Å². The Labute approximate surface area is 125 Å². The van der Waals surface area contributed by atoms with Crippen LogP contribution in [0.5, 0.6) is 5.75 Å². The van der Waals surface area contributed by atoms with Gasteiger partial charge in [0.15, 0.2) is 12.4 Å². The molecule has 1 rings (SSSR count). The van der Waals surface area contributed by atoms with E-state index in [9.17, 15) is 4.79 Å². The smallest absolute Gasteiger partial charge is 0.260 e. The Bertz CT molecular complexity index is 481. The van der Waals surface area contributed by atoms with Crippen LogP contribution >= 0.6 is 0 Å². The highest BCUT2D eigenvalue weighted by Crippen LogP contribution is 2.13. The maximum atomic E-state index is 12.0. The summed E-state index contributed by atoms with van der Waals surface area (Å²) in [4.78, 5) is 13.8.